The van der Waals surface area contributed by atoms with E-state index in [4.69, 9.17) is 14.2 Å². The van der Waals surface area contributed by atoms with Crippen LogP contribution in [0.15, 0.2) is 78.9 Å². The van der Waals surface area contributed by atoms with Crippen LogP contribution in [0.1, 0.15) is 98.0 Å². The zero-order chi connectivity index (χ0) is 38.8. The first-order valence-electron chi connectivity index (χ1n) is 17.3. The van der Waals surface area contributed by atoms with Crippen molar-refractivity contribution in [1.29, 1.82) is 0 Å². The van der Waals surface area contributed by atoms with Crippen LogP contribution in [0.5, 0.6) is 23.0 Å². The van der Waals surface area contributed by atoms with Crippen LogP contribution >= 0.6 is 0 Å². The summed E-state index contributed by atoms with van der Waals surface area (Å²) in [5, 5.41) is 33.1. The van der Waals surface area contributed by atoms with E-state index in [0.717, 1.165) is 37.8 Å². The number of benzene rings is 4. The summed E-state index contributed by atoms with van der Waals surface area (Å²) < 4.78 is 16.6. The van der Waals surface area contributed by atoms with Crippen molar-refractivity contribution in [2.75, 3.05) is 18.4 Å². The molecule has 14 heteroatoms. The molecule has 0 bridgehead atoms. The van der Waals surface area contributed by atoms with Crippen LogP contribution < -0.4 is 14.8 Å². The highest BCUT2D eigenvalue weighted by atomic mass is 16.6. The quantitative estimate of drug-likeness (QED) is 0.0461. The molecule has 280 valence electrons. The molecule has 4 aromatic carbocycles. The van der Waals surface area contributed by atoms with E-state index in [1.807, 2.05) is 6.92 Å². The molecule has 0 aliphatic carbocycles. The molecule has 0 unspecified atom stereocenters. The number of carbonyl (C=O) groups excluding carboxylic acids is 5. The number of likely N-dealkylation sites (tertiary alicyclic amines) is 1. The van der Waals surface area contributed by atoms with E-state index in [9.17, 15) is 44.1 Å². The molecule has 1 fully saturated rings. The van der Waals surface area contributed by atoms with Crippen molar-refractivity contribution in [3.63, 3.8) is 0 Å². The fourth-order valence-corrected chi connectivity index (χ4v) is 5.68. The lowest BCUT2D eigenvalue weighted by Gasteiger charge is -2.17. The van der Waals surface area contributed by atoms with Gasteiger partial charge in [0, 0.05) is 30.6 Å². The van der Waals surface area contributed by atoms with E-state index >= 15 is 0 Å². The number of carbonyl (C=O) groups is 6. The van der Waals surface area contributed by atoms with Gasteiger partial charge in [0.15, 0.2) is 5.75 Å². The van der Waals surface area contributed by atoms with Gasteiger partial charge in [-0.05, 0) is 79.4 Å². The van der Waals surface area contributed by atoms with Crippen molar-refractivity contribution in [3.05, 3.63) is 112 Å². The molecule has 14 nitrogen and oxygen atoms in total. The van der Waals surface area contributed by atoms with E-state index in [1.54, 1.807) is 4.90 Å². The second-order valence-electron chi connectivity index (χ2n) is 12.4. The van der Waals surface area contributed by atoms with E-state index in [-0.39, 0.29) is 52.5 Å². The number of ether oxygens (including phenoxy) is 3. The average Bonchev–Trinajstić information content (AvgIpc) is 3.70. The summed E-state index contributed by atoms with van der Waals surface area (Å²) in [4.78, 5) is 79.3. The highest BCUT2D eigenvalue weighted by Crippen LogP contribution is 2.35. The van der Waals surface area contributed by atoms with Crippen molar-refractivity contribution < 1.29 is 58.3 Å². The van der Waals surface area contributed by atoms with Gasteiger partial charge in [-0.15, -0.1) is 0 Å². The number of nitrogens with zero attached hydrogens (tertiary/aromatic N) is 1. The number of aromatic carboxylic acids is 1. The molecule has 1 heterocycles. The standard InChI is InChI=1S/C40H38N2O12/c1-2-3-4-11-34(45)53-33-22-26(21-31(44)35(33)36(46)28-9-5-6-10-29(28)38(48)49)39(50)54-32-17-12-24(23-52-40(51)42-18-7-8-19-42)20-30(32)41-37(47)25-13-15-27(43)16-14-25/h5-6,9-10,12-17,20-22,43-44H,2-4,7-8,11,18-19,23H2,1H3,(H,41,47)(H,48,49). The highest BCUT2D eigenvalue weighted by Gasteiger charge is 2.28. The normalized spacial score (nSPS) is 12.1. The Morgan fingerprint density at radius 1 is 0.778 bits per heavy atom. The van der Waals surface area contributed by atoms with Gasteiger partial charge >= 0.3 is 24.0 Å². The number of ketones is 1. The number of carboxylic acids is 1. The van der Waals surface area contributed by atoms with E-state index in [2.05, 4.69) is 5.32 Å². The van der Waals surface area contributed by atoms with E-state index in [1.165, 1.54) is 66.7 Å². The van der Waals surface area contributed by atoms with E-state index < -0.39 is 52.8 Å². The smallest absolute Gasteiger partial charge is 0.410 e. The van der Waals surface area contributed by atoms with Crippen LogP contribution in [-0.4, -0.2) is 69.0 Å². The minimum absolute atomic E-state index is 0.0000180. The third-order valence-electron chi connectivity index (χ3n) is 8.51. The number of amides is 2. The van der Waals surface area contributed by atoms with Gasteiger partial charge in [-0.1, -0.05) is 44.0 Å². The van der Waals surface area contributed by atoms with Crippen LogP contribution in [0.2, 0.25) is 0 Å². The van der Waals surface area contributed by atoms with Gasteiger partial charge in [0.1, 0.15) is 29.4 Å². The summed E-state index contributed by atoms with van der Waals surface area (Å²) in [6.45, 7) is 2.95. The van der Waals surface area contributed by atoms with Gasteiger partial charge in [-0.3, -0.25) is 14.4 Å². The van der Waals surface area contributed by atoms with Gasteiger partial charge < -0.3 is 39.7 Å². The molecule has 0 aromatic heterocycles. The fraction of sp³-hybridized carbons (Fsp3) is 0.250. The Labute approximate surface area is 309 Å². The van der Waals surface area contributed by atoms with Gasteiger partial charge in [0.05, 0.1) is 16.8 Å². The summed E-state index contributed by atoms with van der Waals surface area (Å²) in [5.74, 6) is -6.35. The molecule has 54 heavy (non-hydrogen) atoms. The topological polar surface area (TPSA) is 206 Å². The molecule has 0 spiro atoms. The van der Waals surface area contributed by atoms with Crippen LogP contribution in [-0.2, 0) is 16.1 Å². The summed E-state index contributed by atoms with van der Waals surface area (Å²) in [6, 6.07) is 16.9. The lowest BCUT2D eigenvalue weighted by Crippen LogP contribution is -2.28. The maximum absolute atomic E-state index is 13.7. The van der Waals surface area contributed by atoms with E-state index in [0.29, 0.717) is 25.1 Å². The molecule has 0 atom stereocenters. The Morgan fingerprint density at radius 3 is 2.17 bits per heavy atom. The number of phenols is 2. The molecule has 5 rings (SSSR count). The predicted molar refractivity (Wildman–Crippen MR) is 193 cm³/mol. The van der Waals surface area contributed by atoms with Crippen molar-refractivity contribution in [3.8, 4) is 23.0 Å². The largest absolute Gasteiger partial charge is 0.508 e. The zero-order valence-electron chi connectivity index (χ0n) is 29.3. The number of hydrogen-bond donors (Lipinski definition) is 4. The Balaban J connectivity index is 1.47. The van der Waals surface area contributed by atoms with Crippen LogP contribution in [0.3, 0.4) is 0 Å². The minimum atomic E-state index is -1.40. The van der Waals surface area contributed by atoms with Crippen molar-refractivity contribution in [1.82, 2.24) is 4.90 Å². The maximum Gasteiger partial charge on any atom is 0.410 e. The number of esters is 2. The summed E-state index contributed by atoms with van der Waals surface area (Å²) in [6.07, 6.45) is 3.23. The third-order valence-corrected chi connectivity index (χ3v) is 8.51. The van der Waals surface area contributed by atoms with Crippen molar-refractivity contribution in [2.24, 2.45) is 0 Å². The molecule has 0 radical (unpaired) electrons. The second kappa shape index (κ2) is 17.7. The Morgan fingerprint density at radius 2 is 1.48 bits per heavy atom. The van der Waals surface area contributed by atoms with Crippen molar-refractivity contribution in [2.45, 2.75) is 52.1 Å². The first kappa shape index (κ1) is 38.5. The number of unbranched alkanes of at least 4 members (excludes halogenated alkanes) is 2. The lowest BCUT2D eigenvalue weighted by atomic mass is 9.96. The summed E-state index contributed by atoms with van der Waals surface area (Å²) >= 11 is 0. The summed E-state index contributed by atoms with van der Waals surface area (Å²) in [5.41, 5.74) is -0.940. The van der Waals surface area contributed by atoms with Gasteiger partial charge in [0.2, 0.25) is 5.78 Å². The number of aromatic hydroxyl groups is 2. The number of hydrogen-bond acceptors (Lipinski definition) is 11. The molecule has 4 N–H and O–H groups in total. The highest BCUT2D eigenvalue weighted by molar-refractivity contribution is 6.17. The van der Waals surface area contributed by atoms with Gasteiger partial charge in [0.25, 0.3) is 5.91 Å². The number of nitrogens with one attached hydrogen (secondary N) is 1. The molecule has 1 aliphatic rings. The SMILES string of the molecule is CCCCCC(=O)Oc1cc(C(=O)Oc2ccc(COC(=O)N3CCCC3)cc2NC(=O)c2ccc(O)cc2)cc(O)c1C(=O)c1ccccc1C(=O)O. The monoisotopic (exact) mass is 738 g/mol. The van der Waals surface area contributed by atoms with Crippen molar-refractivity contribution >= 4 is 41.4 Å². The van der Waals surface area contributed by atoms with Crippen LogP contribution in [0.25, 0.3) is 0 Å². The first-order valence-corrected chi connectivity index (χ1v) is 17.3. The Bertz CT molecular complexity index is 2070. The number of phenolic OH excluding ortho intramolecular Hbond substituents is 2. The molecule has 4 aromatic rings. The molecule has 1 aliphatic heterocycles. The van der Waals surface area contributed by atoms with Gasteiger partial charge in [-0.2, -0.15) is 0 Å². The lowest BCUT2D eigenvalue weighted by molar-refractivity contribution is -0.134. The van der Waals surface area contributed by atoms with Crippen LogP contribution in [0.4, 0.5) is 10.5 Å². The maximum atomic E-state index is 13.7. The Hall–Kier alpha value is -6.70. The van der Waals surface area contributed by atoms with Crippen LogP contribution in [0, 0.1) is 0 Å². The molecular formula is C40H38N2O12. The summed E-state index contributed by atoms with van der Waals surface area (Å²) in [7, 11) is 0. The molecule has 0 saturated carbocycles. The fourth-order valence-electron chi connectivity index (χ4n) is 5.68. The number of carboxylic acid groups (broad SMARTS) is 1. The second-order valence-corrected chi connectivity index (χ2v) is 12.4. The molecule has 2 amide bonds. The number of rotatable bonds is 14. The first-order chi connectivity index (χ1) is 25.9. The zero-order valence-corrected chi connectivity index (χ0v) is 29.3. The minimum Gasteiger partial charge on any atom is -0.508 e. The average molecular weight is 739 g/mol. The Kier molecular flexibility index (Phi) is 12.6. The molecular weight excluding hydrogens is 700 g/mol. The predicted octanol–water partition coefficient (Wildman–Crippen LogP) is 6.72. The molecule has 1 saturated heterocycles. The number of anilines is 1. The van der Waals surface area contributed by atoms with Gasteiger partial charge in [-0.25, -0.2) is 14.4 Å². The third kappa shape index (κ3) is 9.59.